The Balaban J connectivity index is 1.56. The first-order valence-corrected chi connectivity index (χ1v) is 10.8. The molecule has 0 saturated carbocycles. The Bertz CT molecular complexity index is 1090. The quantitative estimate of drug-likeness (QED) is 0.591. The van der Waals surface area contributed by atoms with Crippen LogP contribution in [0.25, 0.3) is 11.1 Å². The second-order valence-electron chi connectivity index (χ2n) is 5.77. The molecule has 0 unspecified atom stereocenters. The summed E-state index contributed by atoms with van der Waals surface area (Å²) in [7, 11) is -3.99. The van der Waals surface area contributed by atoms with Crippen molar-refractivity contribution in [3.63, 3.8) is 0 Å². The molecule has 2 heterocycles. The summed E-state index contributed by atoms with van der Waals surface area (Å²) in [6, 6.07) is 6.88. The van der Waals surface area contributed by atoms with Gasteiger partial charge in [0.05, 0.1) is 16.5 Å². The van der Waals surface area contributed by atoms with Gasteiger partial charge in [0.2, 0.25) is 15.9 Å². The van der Waals surface area contributed by atoms with Crippen molar-refractivity contribution in [3.05, 3.63) is 69.9 Å². The predicted octanol–water partition coefficient (Wildman–Crippen LogP) is 3.20. The smallest absolute Gasteiger partial charge is 0.241 e. The van der Waals surface area contributed by atoms with Crippen LogP contribution < -0.4 is 10.0 Å². The van der Waals surface area contributed by atoms with E-state index in [9.17, 15) is 17.6 Å². The van der Waals surface area contributed by atoms with E-state index in [1.165, 1.54) is 0 Å². The second-order valence-corrected chi connectivity index (χ2v) is 8.73. The molecule has 1 aromatic carbocycles. The summed E-state index contributed by atoms with van der Waals surface area (Å²) in [5.41, 5.74) is 2.75. The molecule has 2 aromatic heterocycles. The van der Waals surface area contributed by atoms with E-state index in [2.05, 4.69) is 15.0 Å². The maximum atomic E-state index is 13.2. The average Bonchev–Trinajstić information content (AvgIpc) is 3.22. The molecule has 0 aliphatic carbocycles. The number of aromatic nitrogens is 1. The fraction of sp³-hybridized carbons (Fsp3) is 0.111. The number of sulfonamides is 1. The van der Waals surface area contributed by atoms with Gasteiger partial charge < -0.3 is 5.32 Å². The van der Waals surface area contributed by atoms with Crippen LogP contribution in [0.4, 0.5) is 4.39 Å². The van der Waals surface area contributed by atoms with Gasteiger partial charge >= 0.3 is 0 Å². The topological polar surface area (TPSA) is 88.2 Å². The minimum atomic E-state index is -3.99. The van der Waals surface area contributed by atoms with Gasteiger partial charge in [0, 0.05) is 24.5 Å². The normalized spacial score (nSPS) is 11.4. The highest BCUT2D eigenvalue weighted by Crippen LogP contribution is 2.22. The van der Waals surface area contributed by atoms with Gasteiger partial charge in [-0.15, -0.1) is 0 Å². The maximum Gasteiger partial charge on any atom is 0.241 e. The average molecular weight is 440 g/mol. The van der Waals surface area contributed by atoms with Crippen LogP contribution >= 0.6 is 22.9 Å². The van der Waals surface area contributed by atoms with E-state index < -0.39 is 28.3 Å². The summed E-state index contributed by atoms with van der Waals surface area (Å²) in [6.45, 7) is -0.261. The molecule has 28 heavy (non-hydrogen) atoms. The zero-order chi connectivity index (χ0) is 20.1. The lowest BCUT2D eigenvalue weighted by Crippen LogP contribution is -2.36. The molecule has 0 aliphatic rings. The summed E-state index contributed by atoms with van der Waals surface area (Å²) in [6.07, 6.45) is 3.36. The van der Waals surface area contributed by atoms with Gasteiger partial charge in [-0.25, -0.2) is 17.5 Å². The van der Waals surface area contributed by atoms with E-state index in [0.29, 0.717) is 0 Å². The predicted molar refractivity (Wildman–Crippen MR) is 106 cm³/mol. The van der Waals surface area contributed by atoms with E-state index in [1.807, 2.05) is 22.9 Å². The fourth-order valence-corrected chi connectivity index (χ4v) is 4.24. The van der Waals surface area contributed by atoms with Crippen molar-refractivity contribution in [2.45, 2.75) is 11.4 Å². The number of pyridine rings is 1. The third-order valence-electron chi connectivity index (χ3n) is 3.76. The molecule has 3 aromatic rings. The molecule has 2 N–H and O–H groups in total. The summed E-state index contributed by atoms with van der Waals surface area (Å²) in [5.74, 6) is -1.24. The number of carbonyl (C=O) groups is 1. The van der Waals surface area contributed by atoms with Gasteiger partial charge in [-0.2, -0.15) is 11.3 Å². The molecule has 1 amide bonds. The Labute approximate surface area is 170 Å². The van der Waals surface area contributed by atoms with Crippen molar-refractivity contribution in [1.29, 1.82) is 0 Å². The minimum Gasteiger partial charge on any atom is -0.351 e. The van der Waals surface area contributed by atoms with Gasteiger partial charge in [0.1, 0.15) is 5.82 Å². The summed E-state index contributed by atoms with van der Waals surface area (Å²) >= 11 is 7.17. The monoisotopic (exact) mass is 439 g/mol. The first-order valence-electron chi connectivity index (χ1n) is 8.03. The number of nitrogens with one attached hydrogen (secondary N) is 2. The number of carbonyl (C=O) groups excluding carboxylic acids is 1. The number of amides is 1. The number of benzene rings is 1. The molecule has 0 radical (unpaired) electrons. The minimum absolute atomic E-state index is 0.202. The number of nitrogens with zero attached hydrogens (tertiary/aromatic N) is 1. The number of thiophene rings is 1. The SMILES string of the molecule is O=C(CNS(=O)(=O)c1ccc(F)c(Cl)c1)NCc1cncc(-c2ccsc2)c1. The molecule has 10 heteroatoms. The number of hydrogen-bond donors (Lipinski definition) is 2. The Hall–Kier alpha value is -2.33. The molecular formula is C18H15ClFN3O3S2. The Morgan fingerprint density at radius 2 is 2.00 bits per heavy atom. The van der Waals surface area contributed by atoms with E-state index in [4.69, 9.17) is 11.6 Å². The summed E-state index contributed by atoms with van der Waals surface area (Å²) in [4.78, 5) is 15.9. The molecular weight excluding hydrogens is 425 g/mol. The van der Waals surface area contributed by atoms with Crippen LogP contribution in [0.3, 0.4) is 0 Å². The molecule has 146 valence electrons. The zero-order valence-electron chi connectivity index (χ0n) is 14.4. The van der Waals surface area contributed by atoms with Crippen molar-refractivity contribution in [2.24, 2.45) is 0 Å². The lowest BCUT2D eigenvalue weighted by atomic mass is 10.1. The maximum absolute atomic E-state index is 13.2. The first-order chi connectivity index (χ1) is 13.3. The van der Waals surface area contributed by atoms with Crippen LogP contribution in [-0.2, 0) is 21.4 Å². The van der Waals surface area contributed by atoms with Crippen LogP contribution in [0, 0.1) is 5.82 Å². The lowest BCUT2D eigenvalue weighted by molar-refractivity contribution is -0.120. The van der Waals surface area contributed by atoms with Gasteiger partial charge in [0.25, 0.3) is 0 Å². The number of rotatable bonds is 7. The van der Waals surface area contributed by atoms with Crippen LogP contribution in [0.2, 0.25) is 5.02 Å². The molecule has 0 aliphatic heterocycles. The van der Waals surface area contributed by atoms with E-state index >= 15 is 0 Å². The molecule has 0 atom stereocenters. The first kappa shape index (κ1) is 20.4. The van der Waals surface area contributed by atoms with E-state index in [1.54, 1.807) is 23.7 Å². The lowest BCUT2D eigenvalue weighted by Gasteiger charge is -2.09. The molecule has 6 nitrogen and oxygen atoms in total. The highest BCUT2D eigenvalue weighted by molar-refractivity contribution is 7.89. The highest BCUT2D eigenvalue weighted by Gasteiger charge is 2.17. The molecule has 0 saturated heterocycles. The molecule has 0 spiro atoms. The summed E-state index contributed by atoms with van der Waals surface area (Å²) in [5, 5.41) is 6.27. The van der Waals surface area contributed by atoms with Crippen LogP contribution in [0.1, 0.15) is 5.56 Å². The van der Waals surface area contributed by atoms with Gasteiger partial charge in [-0.3, -0.25) is 9.78 Å². The second kappa shape index (κ2) is 8.78. The molecule has 0 bridgehead atoms. The van der Waals surface area contributed by atoms with E-state index in [-0.39, 0.29) is 16.5 Å². The van der Waals surface area contributed by atoms with Crippen molar-refractivity contribution >= 4 is 38.9 Å². The summed E-state index contributed by atoms with van der Waals surface area (Å²) < 4.78 is 39.7. The highest BCUT2D eigenvalue weighted by atomic mass is 35.5. The van der Waals surface area contributed by atoms with Gasteiger partial charge in [0.15, 0.2) is 0 Å². The van der Waals surface area contributed by atoms with Crippen molar-refractivity contribution in [2.75, 3.05) is 6.54 Å². The van der Waals surface area contributed by atoms with Crippen molar-refractivity contribution < 1.29 is 17.6 Å². The fourth-order valence-electron chi connectivity index (χ4n) is 2.32. The standard InChI is InChI=1S/C18H15ClFN3O3S2/c19-16-6-15(1-2-17(16)20)28(25,26)23-10-18(24)22-8-12-5-14(9-21-7-12)13-3-4-27-11-13/h1-7,9,11,23H,8,10H2,(H,22,24). The van der Waals surface area contributed by atoms with Gasteiger partial charge in [-0.05, 0) is 52.2 Å². The van der Waals surface area contributed by atoms with Gasteiger partial charge in [-0.1, -0.05) is 11.6 Å². The van der Waals surface area contributed by atoms with Crippen molar-refractivity contribution in [1.82, 2.24) is 15.0 Å². The molecule has 0 fully saturated rings. The van der Waals surface area contributed by atoms with Crippen LogP contribution in [0.5, 0.6) is 0 Å². The Morgan fingerprint density at radius 3 is 2.71 bits per heavy atom. The third kappa shape index (κ3) is 5.14. The largest absolute Gasteiger partial charge is 0.351 e. The Morgan fingerprint density at radius 1 is 1.18 bits per heavy atom. The Kier molecular flexibility index (Phi) is 6.40. The van der Waals surface area contributed by atoms with Crippen LogP contribution in [-0.4, -0.2) is 25.9 Å². The zero-order valence-corrected chi connectivity index (χ0v) is 16.7. The van der Waals surface area contributed by atoms with Crippen molar-refractivity contribution in [3.8, 4) is 11.1 Å². The molecule has 3 rings (SSSR count). The number of hydrogen-bond acceptors (Lipinski definition) is 5. The van der Waals surface area contributed by atoms with E-state index in [0.717, 1.165) is 34.9 Å². The number of halogens is 2. The van der Waals surface area contributed by atoms with Crippen LogP contribution in [0.15, 0.2) is 58.4 Å². The third-order valence-corrected chi connectivity index (χ3v) is 6.13.